The number of H-pyrrole nitrogens is 1. The Bertz CT molecular complexity index is 1470. The summed E-state index contributed by atoms with van der Waals surface area (Å²) in [6.45, 7) is 0. The number of carbonyl (C=O) groups is 1. The van der Waals surface area contributed by atoms with E-state index >= 15 is 0 Å². The molecule has 5 aromatic rings. The topological polar surface area (TPSA) is 110 Å². The van der Waals surface area contributed by atoms with E-state index in [-0.39, 0.29) is 11.6 Å². The van der Waals surface area contributed by atoms with E-state index in [1.807, 2.05) is 48.0 Å². The molecule has 0 atom stereocenters. The molecule has 3 aromatic heterocycles. The minimum atomic E-state index is -0.280. The lowest BCUT2D eigenvalue weighted by molar-refractivity contribution is 0.0958. The van der Waals surface area contributed by atoms with Crippen LogP contribution in [0.4, 0.5) is 11.8 Å². The first-order chi connectivity index (χ1) is 15.5. The van der Waals surface area contributed by atoms with Crippen molar-refractivity contribution >= 4 is 51.2 Å². The molecule has 160 valence electrons. The van der Waals surface area contributed by atoms with Gasteiger partial charge in [-0.15, -0.1) is 0 Å². The summed E-state index contributed by atoms with van der Waals surface area (Å²) in [7, 11) is 3.46. The molecule has 5 rings (SSSR count). The number of imidazole rings is 1. The van der Waals surface area contributed by atoms with Gasteiger partial charge in [-0.1, -0.05) is 17.7 Å². The zero-order valence-corrected chi connectivity index (χ0v) is 17.9. The first-order valence-electron chi connectivity index (χ1n) is 9.75. The van der Waals surface area contributed by atoms with Crippen LogP contribution in [0.3, 0.4) is 0 Å². The van der Waals surface area contributed by atoms with Crippen LogP contribution in [0, 0.1) is 0 Å². The molecule has 0 aliphatic rings. The van der Waals surface area contributed by atoms with Crippen molar-refractivity contribution in [3.63, 3.8) is 0 Å². The van der Waals surface area contributed by atoms with E-state index in [9.17, 15) is 4.79 Å². The smallest absolute Gasteiger partial charge is 0.269 e. The highest BCUT2D eigenvalue weighted by molar-refractivity contribution is 6.36. The SMILES string of the molecule is CNC(=O)c1cc(Oc2ccc3c(c2)nc(Nc2n[nH]c4cccc(Cl)c24)n3C)ccn1. The molecule has 3 heterocycles. The number of fused-ring (bicyclic) bond motifs is 2. The molecule has 0 saturated carbocycles. The second-order valence-electron chi connectivity index (χ2n) is 7.06. The highest BCUT2D eigenvalue weighted by atomic mass is 35.5. The van der Waals surface area contributed by atoms with Crippen molar-refractivity contribution in [1.82, 2.24) is 30.0 Å². The number of carbonyl (C=O) groups excluding carboxylic acids is 1. The molecule has 10 heteroatoms. The lowest BCUT2D eigenvalue weighted by Crippen LogP contribution is -2.18. The maximum absolute atomic E-state index is 11.8. The molecule has 0 aliphatic carbocycles. The number of amides is 1. The Kier molecular flexibility index (Phi) is 4.87. The van der Waals surface area contributed by atoms with Crippen LogP contribution < -0.4 is 15.4 Å². The van der Waals surface area contributed by atoms with Gasteiger partial charge in [0.15, 0.2) is 5.82 Å². The van der Waals surface area contributed by atoms with Gasteiger partial charge in [-0.25, -0.2) is 4.98 Å². The summed E-state index contributed by atoms with van der Waals surface area (Å²) in [6.07, 6.45) is 1.53. The van der Waals surface area contributed by atoms with Crippen molar-refractivity contribution in [2.45, 2.75) is 0 Å². The quantitative estimate of drug-likeness (QED) is 0.368. The van der Waals surface area contributed by atoms with E-state index in [2.05, 4.69) is 30.8 Å². The fourth-order valence-electron chi connectivity index (χ4n) is 3.44. The van der Waals surface area contributed by atoms with E-state index in [0.29, 0.717) is 28.3 Å². The Balaban J connectivity index is 1.45. The van der Waals surface area contributed by atoms with Crippen molar-refractivity contribution in [1.29, 1.82) is 0 Å². The molecule has 1 amide bonds. The van der Waals surface area contributed by atoms with Crippen LogP contribution in [0.5, 0.6) is 11.5 Å². The number of rotatable bonds is 5. The summed E-state index contributed by atoms with van der Waals surface area (Å²) in [4.78, 5) is 20.5. The number of benzene rings is 2. The molecule has 9 nitrogen and oxygen atoms in total. The molecule has 0 saturated heterocycles. The van der Waals surface area contributed by atoms with Gasteiger partial charge in [0.05, 0.1) is 27.0 Å². The number of hydrogen-bond acceptors (Lipinski definition) is 6. The fraction of sp³-hybridized carbons (Fsp3) is 0.0909. The average molecular weight is 448 g/mol. The third kappa shape index (κ3) is 3.48. The predicted octanol–water partition coefficient (Wildman–Crippen LogP) is 4.39. The van der Waals surface area contributed by atoms with Gasteiger partial charge in [0, 0.05) is 32.4 Å². The third-order valence-electron chi connectivity index (χ3n) is 5.05. The summed E-state index contributed by atoms with van der Waals surface area (Å²) < 4.78 is 7.85. The number of ether oxygens (including phenoxy) is 1. The zero-order valence-electron chi connectivity index (χ0n) is 17.2. The van der Waals surface area contributed by atoms with Gasteiger partial charge in [-0.3, -0.25) is 14.9 Å². The molecule has 0 aliphatic heterocycles. The maximum atomic E-state index is 11.8. The fourth-order valence-corrected chi connectivity index (χ4v) is 3.71. The predicted molar refractivity (Wildman–Crippen MR) is 123 cm³/mol. The number of halogens is 1. The third-order valence-corrected chi connectivity index (χ3v) is 5.36. The molecule has 2 aromatic carbocycles. The number of aromatic nitrogens is 5. The van der Waals surface area contributed by atoms with Crippen molar-refractivity contribution in [2.75, 3.05) is 12.4 Å². The maximum Gasteiger partial charge on any atom is 0.269 e. The number of anilines is 2. The van der Waals surface area contributed by atoms with Crippen LogP contribution in [0.25, 0.3) is 21.9 Å². The van der Waals surface area contributed by atoms with Crippen molar-refractivity contribution in [3.05, 3.63) is 65.4 Å². The van der Waals surface area contributed by atoms with Crippen LogP contribution >= 0.6 is 11.6 Å². The Labute approximate surface area is 187 Å². The van der Waals surface area contributed by atoms with Gasteiger partial charge in [0.25, 0.3) is 5.91 Å². The van der Waals surface area contributed by atoms with E-state index in [1.54, 1.807) is 19.2 Å². The lowest BCUT2D eigenvalue weighted by Gasteiger charge is -2.07. The Hall–Kier alpha value is -4.11. The first-order valence-corrected chi connectivity index (χ1v) is 10.1. The highest BCUT2D eigenvalue weighted by Crippen LogP contribution is 2.32. The molecular formula is C22H18ClN7O2. The van der Waals surface area contributed by atoms with Crippen LogP contribution in [-0.2, 0) is 7.05 Å². The molecule has 0 bridgehead atoms. The normalized spacial score (nSPS) is 11.1. The van der Waals surface area contributed by atoms with Crippen molar-refractivity contribution < 1.29 is 9.53 Å². The van der Waals surface area contributed by atoms with Gasteiger partial charge < -0.3 is 19.9 Å². The standard InChI is InChI=1S/C22H18ClN7O2/c1-24-21(31)17-11-13(8-9-25-17)32-12-6-7-18-16(10-12)26-22(30(18)2)27-20-19-14(23)4-3-5-15(19)28-29-20/h3-11H,1-2H3,(H,24,31)(H2,26,27,28,29). The highest BCUT2D eigenvalue weighted by Gasteiger charge is 2.14. The summed E-state index contributed by atoms with van der Waals surface area (Å²) >= 11 is 6.35. The lowest BCUT2D eigenvalue weighted by atomic mass is 10.2. The molecule has 3 N–H and O–H groups in total. The van der Waals surface area contributed by atoms with Gasteiger partial charge in [-0.2, -0.15) is 5.10 Å². The second-order valence-corrected chi connectivity index (χ2v) is 7.47. The molecule has 32 heavy (non-hydrogen) atoms. The van der Waals surface area contributed by atoms with Crippen molar-refractivity contribution in [2.24, 2.45) is 7.05 Å². The minimum absolute atomic E-state index is 0.278. The number of aryl methyl sites for hydroxylation is 1. The van der Waals surface area contributed by atoms with Crippen LogP contribution in [0.15, 0.2) is 54.7 Å². The van der Waals surface area contributed by atoms with Gasteiger partial charge in [0.1, 0.15) is 17.2 Å². The number of nitrogens with one attached hydrogen (secondary N) is 3. The second kappa shape index (κ2) is 7.86. The van der Waals surface area contributed by atoms with Gasteiger partial charge in [0.2, 0.25) is 5.95 Å². The molecule has 0 fully saturated rings. The molecular weight excluding hydrogens is 430 g/mol. The van der Waals surface area contributed by atoms with E-state index in [1.165, 1.54) is 6.20 Å². The Morgan fingerprint density at radius 1 is 1.16 bits per heavy atom. The van der Waals surface area contributed by atoms with Gasteiger partial charge in [-0.05, 0) is 30.3 Å². The van der Waals surface area contributed by atoms with E-state index < -0.39 is 0 Å². The van der Waals surface area contributed by atoms with Crippen LogP contribution in [0.2, 0.25) is 5.02 Å². The first kappa shape index (κ1) is 19.8. The monoisotopic (exact) mass is 447 g/mol. The Morgan fingerprint density at radius 2 is 2.00 bits per heavy atom. The number of aromatic amines is 1. The van der Waals surface area contributed by atoms with Crippen LogP contribution in [-0.4, -0.2) is 37.7 Å². The molecule has 0 radical (unpaired) electrons. The van der Waals surface area contributed by atoms with Crippen LogP contribution in [0.1, 0.15) is 10.5 Å². The molecule has 0 spiro atoms. The number of nitrogens with zero attached hydrogens (tertiary/aromatic N) is 4. The minimum Gasteiger partial charge on any atom is -0.457 e. The van der Waals surface area contributed by atoms with E-state index in [0.717, 1.165) is 21.9 Å². The average Bonchev–Trinajstić information content (AvgIpc) is 3.35. The summed E-state index contributed by atoms with van der Waals surface area (Å²) in [5.74, 6) is 2.02. The summed E-state index contributed by atoms with van der Waals surface area (Å²) in [5, 5.41) is 14.5. The molecule has 0 unspecified atom stereocenters. The van der Waals surface area contributed by atoms with Gasteiger partial charge >= 0.3 is 0 Å². The largest absolute Gasteiger partial charge is 0.457 e. The summed E-state index contributed by atoms with van der Waals surface area (Å²) in [6, 6.07) is 14.5. The zero-order chi connectivity index (χ0) is 22.2. The number of hydrogen-bond donors (Lipinski definition) is 3. The summed E-state index contributed by atoms with van der Waals surface area (Å²) in [5.41, 5.74) is 2.76. The van der Waals surface area contributed by atoms with E-state index in [4.69, 9.17) is 16.3 Å². The number of pyridine rings is 1. The Morgan fingerprint density at radius 3 is 2.84 bits per heavy atom. The van der Waals surface area contributed by atoms with Crippen molar-refractivity contribution in [3.8, 4) is 11.5 Å².